The number of aryl methyl sites for hydroxylation is 2. The lowest BCUT2D eigenvalue weighted by Crippen LogP contribution is -2.42. The van der Waals surface area contributed by atoms with Gasteiger partial charge in [0.15, 0.2) is 0 Å². The van der Waals surface area contributed by atoms with Crippen LogP contribution in [-0.4, -0.2) is 13.1 Å². The molecule has 0 N–H and O–H groups in total. The van der Waals surface area contributed by atoms with Crippen molar-refractivity contribution in [3.05, 3.63) is 64.7 Å². The Bertz CT molecular complexity index is 722. The summed E-state index contributed by atoms with van der Waals surface area (Å²) in [5, 5.41) is 0. The minimum absolute atomic E-state index is 0.150. The molecule has 1 aliphatic heterocycles. The van der Waals surface area contributed by atoms with Crippen LogP contribution in [0.2, 0.25) is 0 Å². The molecule has 0 bridgehead atoms. The summed E-state index contributed by atoms with van der Waals surface area (Å²) < 4.78 is 28.4. The van der Waals surface area contributed by atoms with Crippen molar-refractivity contribution in [3.63, 3.8) is 0 Å². The van der Waals surface area contributed by atoms with E-state index in [0.29, 0.717) is 18.7 Å². The molecule has 0 unspecified atom stereocenters. The number of hydrogen-bond donors (Lipinski definition) is 0. The first-order valence-corrected chi connectivity index (χ1v) is 8.38. The van der Waals surface area contributed by atoms with E-state index in [1.54, 1.807) is 6.92 Å². The van der Waals surface area contributed by atoms with Gasteiger partial charge in [0.2, 0.25) is 0 Å². The number of hydrogen-bond acceptors (Lipinski definition) is 1. The molecule has 1 saturated heterocycles. The first-order valence-electron chi connectivity index (χ1n) is 8.38. The highest BCUT2D eigenvalue weighted by Gasteiger charge is 2.41. The number of halogens is 2. The molecule has 0 aromatic heterocycles. The van der Waals surface area contributed by atoms with Gasteiger partial charge in [-0.25, -0.2) is 8.78 Å². The summed E-state index contributed by atoms with van der Waals surface area (Å²) >= 11 is 0. The summed E-state index contributed by atoms with van der Waals surface area (Å²) in [7, 11) is 0. The predicted octanol–water partition coefficient (Wildman–Crippen LogP) is 4.76. The van der Waals surface area contributed by atoms with Crippen LogP contribution < -0.4 is 4.90 Å². The standard InChI is InChI=1S/C20H21F2N/c1-14-12-17(21)19(18(22)13-14)23-10-8-20(9-11-23)7-6-15-4-2-3-5-16(15)20/h2-5,12-13H,6-11H2,1H3. The highest BCUT2D eigenvalue weighted by atomic mass is 19.1. The number of benzene rings is 2. The Morgan fingerprint density at radius 3 is 2.30 bits per heavy atom. The molecule has 23 heavy (non-hydrogen) atoms. The maximum atomic E-state index is 14.2. The normalized spacial score (nSPS) is 19.2. The molecule has 1 fully saturated rings. The van der Waals surface area contributed by atoms with Crippen molar-refractivity contribution in [1.29, 1.82) is 0 Å². The van der Waals surface area contributed by atoms with Crippen molar-refractivity contribution in [2.24, 2.45) is 0 Å². The fourth-order valence-corrected chi connectivity index (χ4v) is 4.44. The molecule has 2 aliphatic rings. The van der Waals surface area contributed by atoms with E-state index in [-0.39, 0.29) is 11.1 Å². The van der Waals surface area contributed by atoms with Gasteiger partial charge >= 0.3 is 0 Å². The van der Waals surface area contributed by atoms with Crippen molar-refractivity contribution in [1.82, 2.24) is 0 Å². The number of fused-ring (bicyclic) bond motifs is 2. The van der Waals surface area contributed by atoms with Crippen LogP contribution in [0, 0.1) is 18.6 Å². The monoisotopic (exact) mass is 313 g/mol. The second-order valence-electron chi connectivity index (χ2n) is 7.00. The van der Waals surface area contributed by atoms with Gasteiger partial charge in [-0.1, -0.05) is 24.3 Å². The molecule has 4 rings (SSSR count). The quantitative estimate of drug-likeness (QED) is 0.734. The molecule has 120 valence electrons. The molecule has 1 spiro atoms. The Labute approximate surface area is 135 Å². The summed E-state index contributed by atoms with van der Waals surface area (Å²) in [6.45, 7) is 3.15. The first-order chi connectivity index (χ1) is 11.1. The minimum Gasteiger partial charge on any atom is -0.367 e. The zero-order valence-electron chi connectivity index (χ0n) is 13.4. The lowest BCUT2D eigenvalue weighted by molar-refractivity contribution is 0.327. The third kappa shape index (κ3) is 2.34. The van der Waals surface area contributed by atoms with Gasteiger partial charge in [-0.05, 0) is 66.8 Å². The number of piperidine rings is 1. The highest BCUT2D eigenvalue weighted by Crippen LogP contribution is 2.47. The topological polar surface area (TPSA) is 3.24 Å². The molecule has 0 saturated carbocycles. The van der Waals surface area contributed by atoms with Gasteiger partial charge in [0.25, 0.3) is 0 Å². The average Bonchev–Trinajstić information content (AvgIpc) is 2.88. The van der Waals surface area contributed by atoms with Crippen molar-refractivity contribution < 1.29 is 8.78 Å². The van der Waals surface area contributed by atoms with E-state index >= 15 is 0 Å². The zero-order chi connectivity index (χ0) is 16.0. The number of nitrogens with zero attached hydrogens (tertiary/aromatic N) is 1. The first kappa shape index (κ1) is 14.7. The lowest BCUT2D eigenvalue weighted by atomic mass is 9.74. The third-order valence-electron chi connectivity index (χ3n) is 5.66. The van der Waals surface area contributed by atoms with Crippen LogP contribution in [-0.2, 0) is 11.8 Å². The smallest absolute Gasteiger partial charge is 0.149 e. The van der Waals surface area contributed by atoms with Crippen LogP contribution in [0.5, 0.6) is 0 Å². The van der Waals surface area contributed by atoms with Crippen molar-refractivity contribution >= 4 is 5.69 Å². The molecule has 2 aromatic carbocycles. The third-order valence-corrected chi connectivity index (χ3v) is 5.66. The molecular formula is C20H21F2N. The van der Waals surface area contributed by atoms with Crippen LogP contribution in [0.3, 0.4) is 0 Å². The van der Waals surface area contributed by atoms with Crippen molar-refractivity contribution in [2.45, 2.75) is 38.0 Å². The summed E-state index contributed by atoms with van der Waals surface area (Å²) in [6.07, 6.45) is 4.23. The number of anilines is 1. The summed E-state index contributed by atoms with van der Waals surface area (Å²) in [5.41, 5.74) is 3.90. The van der Waals surface area contributed by atoms with Crippen LogP contribution in [0.15, 0.2) is 36.4 Å². The molecule has 1 nitrogen and oxygen atoms in total. The molecule has 2 aromatic rings. The highest BCUT2D eigenvalue weighted by molar-refractivity contribution is 5.52. The van der Waals surface area contributed by atoms with Gasteiger partial charge < -0.3 is 4.90 Å². The molecule has 0 amide bonds. The van der Waals surface area contributed by atoms with E-state index in [1.165, 1.54) is 29.7 Å². The molecule has 1 aliphatic carbocycles. The molecule has 0 radical (unpaired) electrons. The van der Waals surface area contributed by atoms with Gasteiger partial charge in [0.05, 0.1) is 0 Å². The van der Waals surface area contributed by atoms with Crippen LogP contribution in [0.4, 0.5) is 14.5 Å². The van der Waals surface area contributed by atoms with Crippen LogP contribution in [0.1, 0.15) is 36.0 Å². The fraction of sp³-hybridized carbons (Fsp3) is 0.400. The predicted molar refractivity (Wildman–Crippen MR) is 89.0 cm³/mol. The van der Waals surface area contributed by atoms with Crippen molar-refractivity contribution in [3.8, 4) is 0 Å². The lowest BCUT2D eigenvalue weighted by Gasteiger charge is -2.41. The summed E-state index contributed by atoms with van der Waals surface area (Å²) in [6, 6.07) is 11.5. The Kier molecular flexibility index (Phi) is 3.40. The minimum atomic E-state index is -0.440. The van der Waals surface area contributed by atoms with E-state index in [4.69, 9.17) is 0 Å². The molecule has 3 heteroatoms. The van der Waals surface area contributed by atoms with E-state index < -0.39 is 11.6 Å². The van der Waals surface area contributed by atoms with Crippen molar-refractivity contribution in [2.75, 3.05) is 18.0 Å². The van der Waals surface area contributed by atoms with E-state index in [9.17, 15) is 8.78 Å². The fourth-order valence-electron chi connectivity index (χ4n) is 4.44. The van der Waals surface area contributed by atoms with E-state index in [0.717, 1.165) is 19.3 Å². The van der Waals surface area contributed by atoms with Gasteiger partial charge in [0.1, 0.15) is 17.3 Å². The molecule has 1 heterocycles. The van der Waals surface area contributed by atoms with Gasteiger partial charge in [-0.3, -0.25) is 0 Å². The second kappa shape index (κ2) is 5.33. The second-order valence-corrected chi connectivity index (χ2v) is 7.00. The zero-order valence-corrected chi connectivity index (χ0v) is 13.4. The van der Waals surface area contributed by atoms with E-state index in [2.05, 4.69) is 24.3 Å². The van der Waals surface area contributed by atoms with E-state index in [1.807, 2.05) is 4.90 Å². The van der Waals surface area contributed by atoms with Crippen LogP contribution in [0.25, 0.3) is 0 Å². The SMILES string of the molecule is Cc1cc(F)c(N2CCC3(CCc4ccccc43)CC2)c(F)c1. The van der Waals surface area contributed by atoms with Gasteiger partial charge in [-0.15, -0.1) is 0 Å². The largest absolute Gasteiger partial charge is 0.367 e. The molecule has 0 atom stereocenters. The number of rotatable bonds is 1. The van der Waals surface area contributed by atoms with Gasteiger partial charge in [0, 0.05) is 13.1 Å². The summed E-state index contributed by atoms with van der Waals surface area (Å²) in [4.78, 5) is 1.89. The summed E-state index contributed by atoms with van der Waals surface area (Å²) in [5.74, 6) is -0.879. The Morgan fingerprint density at radius 1 is 0.957 bits per heavy atom. The van der Waals surface area contributed by atoms with Gasteiger partial charge in [-0.2, -0.15) is 0 Å². The van der Waals surface area contributed by atoms with Crippen LogP contribution >= 0.6 is 0 Å². The maximum absolute atomic E-state index is 14.2. The molecular weight excluding hydrogens is 292 g/mol. The average molecular weight is 313 g/mol. The Hall–Kier alpha value is -1.90. The Balaban J connectivity index is 1.59. The Morgan fingerprint density at radius 2 is 1.61 bits per heavy atom. The maximum Gasteiger partial charge on any atom is 0.149 e.